The molecule has 1 heterocycles. The Balaban J connectivity index is 2.47. The molecule has 1 aromatic heterocycles. The molecule has 0 aliphatic carbocycles. The van der Waals surface area contributed by atoms with Crippen LogP contribution in [-0.4, -0.2) is 22.5 Å². The molecule has 7 heteroatoms. The van der Waals surface area contributed by atoms with Gasteiger partial charge in [-0.1, -0.05) is 6.58 Å². The van der Waals surface area contributed by atoms with Gasteiger partial charge in [-0.05, 0) is 13.8 Å². The van der Waals surface area contributed by atoms with Crippen LogP contribution in [0.4, 0.5) is 5.95 Å². The average Bonchev–Trinajstić information content (AvgIpc) is 2.25. The Morgan fingerprint density at radius 3 is 2.94 bits per heavy atom. The van der Waals surface area contributed by atoms with E-state index in [0.717, 1.165) is 0 Å². The summed E-state index contributed by atoms with van der Waals surface area (Å²) in [5.41, 5.74) is 6.05. The van der Waals surface area contributed by atoms with Crippen molar-refractivity contribution in [2.75, 3.05) is 12.0 Å². The van der Waals surface area contributed by atoms with Gasteiger partial charge in [0.1, 0.15) is 0 Å². The first-order valence-electron chi connectivity index (χ1n) is 5.44. The number of aromatic amines is 1. The fourth-order valence-corrected chi connectivity index (χ4v) is 1.22. The molecule has 0 aliphatic heterocycles. The van der Waals surface area contributed by atoms with Crippen LogP contribution in [0.25, 0.3) is 0 Å². The number of hydrogen-bond donors (Lipinski definition) is 3. The van der Waals surface area contributed by atoms with Crippen molar-refractivity contribution in [3.05, 3.63) is 34.4 Å². The Labute approximate surface area is 104 Å². The summed E-state index contributed by atoms with van der Waals surface area (Å²) in [6.07, 6.45) is 0.0386. The van der Waals surface area contributed by atoms with Gasteiger partial charge >= 0.3 is 5.97 Å². The summed E-state index contributed by atoms with van der Waals surface area (Å²) in [4.78, 5) is 28.8. The maximum atomic E-state index is 11.2. The monoisotopic (exact) mass is 252 g/mol. The van der Waals surface area contributed by atoms with Crippen LogP contribution in [0.3, 0.4) is 0 Å². The van der Waals surface area contributed by atoms with E-state index in [4.69, 9.17) is 4.74 Å². The van der Waals surface area contributed by atoms with Gasteiger partial charge in [-0.2, -0.15) is 0 Å². The molecule has 0 saturated carbocycles. The van der Waals surface area contributed by atoms with E-state index in [-0.39, 0.29) is 23.9 Å². The maximum Gasteiger partial charge on any atom is 0.311 e. The third-order valence-corrected chi connectivity index (χ3v) is 1.89. The van der Waals surface area contributed by atoms with Crippen LogP contribution in [0.5, 0.6) is 0 Å². The van der Waals surface area contributed by atoms with E-state index < -0.39 is 0 Å². The first-order chi connectivity index (χ1) is 8.51. The molecule has 0 atom stereocenters. The molecule has 0 unspecified atom stereocenters. The lowest BCUT2D eigenvalue weighted by molar-refractivity contribution is -0.142. The number of H-pyrrole nitrogens is 1. The lowest BCUT2D eigenvalue weighted by Gasteiger charge is -2.10. The number of anilines is 1. The van der Waals surface area contributed by atoms with Crippen molar-refractivity contribution in [1.29, 1.82) is 0 Å². The highest BCUT2D eigenvalue weighted by Gasteiger charge is 2.04. The van der Waals surface area contributed by atoms with Crippen molar-refractivity contribution in [2.45, 2.75) is 20.3 Å². The molecule has 1 aromatic rings. The summed E-state index contributed by atoms with van der Waals surface area (Å²) >= 11 is 0. The lowest BCUT2D eigenvalue weighted by atomic mass is 10.3. The first kappa shape index (κ1) is 13.8. The van der Waals surface area contributed by atoms with E-state index in [2.05, 4.69) is 27.4 Å². The maximum absolute atomic E-state index is 11.2. The number of aromatic nitrogens is 2. The summed E-state index contributed by atoms with van der Waals surface area (Å²) in [6, 6.07) is 1.37. The number of carbonyl (C=O) groups is 1. The zero-order valence-electron chi connectivity index (χ0n) is 10.4. The molecule has 98 valence electrons. The van der Waals surface area contributed by atoms with Gasteiger partial charge in [0.15, 0.2) is 0 Å². The second-order valence-electron chi connectivity index (χ2n) is 3.57. The minimum Gasteiger partial charge on any atom is -0.466 e. The van der Waals surface area contributed by atoms with Gasteiger partial charge in [0.25, 0.3) is 5.56 Å². The number of nitrogens with one attached hydrogen (secondary N) is 3. The largest absolute Gasteiger partial charge is 0.466 e. The topological polar surface area (TPSA) is 96.1 Å². The van der Waals surface area contributed by atoms with Gasteiger partial charge in [0.2, 0.25) is 5.95 Å². The van der Waals surface area contributed by atoms with Gasteiger partial charge in [-0.3, -0.25) is 20.0 Å². The van der Waals surface area contributed by atoms with Crippen LogP contribution in [0, 0.1) is 6.92 Å². The van der Waals surface area contributed by atoms with Crippen molar-refractivity contribution >= 4 is 11.9 Å². The van der Waals surface area contributed by atoms with Crippen molar-refractivity contribution in [3.8, 4) is 0 Å². The van der Waals surface area contributed by atoms with Crippen molar-refractivity contribution in [1.82, 2.24) is 15.4 Å². The van der Waals surface area contributed by atoms with Crippen molar-refractivity contribution in [2.24, 2.45) is 0 Å². The summed E-state index contributed by atoms with van der Waals surface area (Å²) in [5, 5.41) is 0. The van der Waals surface area contributed by atoms with E-state index >= 15 is 0 Å². The summed E-state index contributed by atoms with van der Waals surface area (Å²) in [6.45, 7) is 7.40. The number of hydrogen-bond acceptors (Lipinski definition) is 6. The summed E-state index contributed by atoms with van der Waals surface area (Å²) in [7, 11) is 0. The Morgan fingerprint density at radius 1 is 1.61 bits per heavy atom. The molecule has 0 bridgehead atoms. The quantitative estimate of drug-likeness (QED) is 0.503. The molecule has 18 heavy (non-hydrogen) atoms. The summed E-state index contributed by atoms with van der Waals surface area (Å²) in [5.74, 6) is -0.118. The van der Waals surface area contributed by atoms with Gasteiger partial charge in [-0.15, -0.1) is 0 Å². The van der Waals surface area contributed by atoms with Gasteiger partial charge in [-0.25, -0.2) is 4.98 Å². The number of aryl methyl sites for hydroxylation is 1. The number of ether oxygens (including phenoxy) is 1. The Hall–Kier alpha value is -2.31. The third-order valence-electron chi connectivity index (χ3n) is 1.89. The molecule has 0 aromatic carbocycles. The Kier molecular flexibility index (Phi) is 4.91. The van der Waals surface area contributed by atoms with Gasteiger partial charge in [0.05, 0.1) is 13.0 Å². The van der Waals surface area contributed by atoms with E-state index in [1.54, 1.807) is 13.8 Å². The predicted octanol–water partition coefficient (Wildman–Crippen LogP) is 0.462. The molecule has 0 spiro atoms. The highest BCUT2D eigenvalue weighted by molar-refractivity contribution is 5.72. The number of nitrogens with zero attached hydrogens (tertiary/aromatic N) is 1. The van der Waals surface area contributed by atoms with E-state index in [1.165, 1.54) is 6.07 Å². The van der Waals surface area contributed by atoms with Crippen LogP contribution < -0.4 is 16.4 Å². The zero-order valence-corrected chi connectivity index (χ0v) is 10.4. The smallest absolute Gasteiger partial charge is 0.311 e. The normalized spacial score (nSPS) is 9.67. The second-order valence-corrected chi connectivity index (χ2v) is 3.57. The van der Waals surface area contributed by atoms with E-state index in [9.17, 15) is 9.59 Å². The molecular formula is C11H16N4O3. The fourth-order valence-electron chi connectivity index (χ4n) is 1.22. The first-order valence-corrected chi connectivity index (χ1v) is 5.44. The molecule has 0 radical (unpaired) electrons. The minimum absolute atomic E-state index is 0.0386. The molecule has 3 N–H and O–H groups in total. The van der Waals surface area contributed by atoms with Gasteiger partial charge in [0, 0.05) is 17.5 Å². The lowest BCUT2D eigenvalue weighted by Crippen LogP contribution is -2.25. The highest BCUT2D eigenvalue weighted by atomic mass is 16.5. The summed E-state index contributed by atoms with van der Waals surface area (Å²) < 4.78 is 4.76. The van der Waals surface area contributed by atoms with Crippen LogP contribution in [0.1, 0.15) is 19.0 Å². The van der Waals surface area contributed by atoms with Crippen molar-refractivity contribution in [3.63, 3.8) is 0 Å². The molecule has 7 nitrogen and oxygen atoms in total. The minimum atomic E-state index is -0.373. The zero-order chi connectivity index (χ0) is 13.5. The SMILES string of the molecule is C=C(CC(=O)OCC)NNc1nc(C)cc(=O)[nH]1. The fraction of sp³-hybridized carbons (Fsp3) is 0.364. The highest BCUT2D eigenvalue weighted by Crippen LogP contribution is 1.98. The molecule has 0 saturated heterocycles. The molecular weight excluding hydrogens is 236 g/mol. The van der Waals surface area contributed by atoms with Crippen LogP contribution >= 0.6 is 0 Å². The third kappa shape index (κ3) is 4.69. The van der Waals surface area contributed by atoms with E-state index in [1.807, 2.05) is 0 Å². The molecule has 0 amide bonds. The predicted molar refractivity (Wildman–Crippen MR) is 66.7 cm³/mol. The average molecular weight is 252 g/mol. The molecule has 0 fully saturated rings. The van der Waals surface area contributed by atoms with Crippen molar-refractivity contribution < 1.29 is 9.53 Å². The second kappa shape index (κ2) is 6.43. The van der Waals surface area contributed by atoms with Crippen LogP contribution in [0.2, 0.25) is 0 Å². The van der Waals surface area contributed by atoms with Gasteiger partial charge < -0.3 is 10.2 Å². The number of hydrazine groups is 1. The molecule has 1 rings (SSSR count). The molecule has 0 aliphatic rings. The number of rotatable bonds is 6. The van der Waals surface area contributed by atoms with E-state index in [0.29, 0.717) is 18.0 Å². The number of esters is 1. The Bertz CT molecular complexity index is 495. The standard InChI is InChI=1S/C11H16N4O3/c1-4-18-10(17)6-8(3)14-15-11-12-7(2)5-9(16)13-11/h5,14H,3-4,6H2,1-2H3,(H2,12,13,15,16). The van der Waals surface area contributed by atoms with Crippen LogP contribution in [-0.2, 0) is 9.53 Å². The van der Waals surface area contributed by atoms with Crippen LogP contribution in [0.15, 0.2) is 23.1 Å². The number of carbonyl (C=O) groups excluding carboxylic acids is 1. The Morgan fingerprint density at radius 2 is 2.33 bits per heavy atom.